The lowest BCUT2D eigenvalue weighted by Gasteiger charge is -2.32. The highest BCUT2D eigenvalue weighted by atomic mass is 16.5. The van der Waals surface area contributed by atoms with Gasteiger partial charge in [0.1, 0.15) is 5.75 Å². The fraction of sp³-hybridized carbons (Fsp3) is 0.409. The van der Waals surface area contributed by atoms with E-state index in [-0.39, 0.29) is 0 Å². The van der Waals surface area contributed by atoms with Crippen molar-refractivity contribution < 1.29 is 4.74 Å². The Morgan fingerprint density at radius 2 is 1.96 bits per heavy atom. The van der Waals surface area contributed by atoms with Crippen LogP contribution in [0.15, 0.2) is 48.8 Å². The summed E-state index contributed by atoms with van der Waals surface area (Å²) in [6.45, 7) is 3.19. The van der Waals surface area contributed by atoms with Gasteiger partial charge in [-0.2, -0.15) is 0 Å². The third-order valence-corrected chi connectivity index (χ3v) is 5.48. The van der Waals surface area contributed by atoms with Gasteiger partial charge in [-0.05, 0) is 55.8 Å². The standard InChI is InChI=1S/C22H28N4O/c1-24(2)22-21-8-5-11-26(21)16-20(23-22)18-9-12-25(13-10-18)15-17-6-4-7-19(14-17)27-3/h4-8,11,14,16,18H,9-10,12-13,15H2,1-3H3. The number of hydrogen-bond donors (Lipinski definition) is 0. The van der Waals surface area contributed by atoms with Crippen LogP contribution in [0.3, 0.4) is 0 Å². The first-order chi connectivity index (χ1) is 13.1. The van der Waals surface area contributed by atoms with E-state index in [0.29, 0.717) is 5.92 Å². The van der Waals surface area contributed by atoms with E-state index >= 15 is 0 Å². The van der Waals surface area contributed by atoms with Crippen LogP contribution in [0.25, 0.3) is 5.52 Å². The number of fused-ring (bicyclic) bond motifs is 1. The Bertz CT molecular complexity index is 910. The van der Waals surface area contributed by atoms with Gasteiger partial charge in [-0.1, -0.05) is 12.1 Å². The monoisotopic (exact) mass is 364 g/mol. The van der Waals surface area contributed by atoms with Gasteiger partial charge in [0.25, 0.3) is 0 Å². The maximum atomic E-state index is 5.34. The molecule has 1 aliphatic rings. The van der Waals surface area contributed by atoms with E-state index in [4.69, 9.17) is 9.72 Å². The lowest BCUT2D eigenvalue weighted by atomic mass is 9.93. The molecule has 0 bridgehead atoms. The molecule has 4 rings (SSSR count). The molecule has 0 amide bonds. The van der Waals surface area contributed by atoms with Gasteiger partial charge >= 0.3 is 0 Å². The minimum absolute atomic E-state index is 0.525. The largest absolute Gasteiger partial charge is 0.497 e. The smallest absolute Gasteiger partial charge is 0.152 e. The Labute approximate surface area is 161 Å². The van der Waals surface area contributed by atoms with Gasteiger partial charge in [0.2, 0.25) is 0 Å². The van der Waals surface area contributed by atoms with Crippen LogP contribution in [-0.2, 0) is 6.54 Å². The first kappa shape index (κ1) is 17.9. The number of nitrogens with zero attached hydrogens (tertiary/aromatic N) is 4. The van der Waals surface area contributed by atoms with Gasteiger partial charge in [0.15, 0.2) is 5.82 Å². The molecule has 0 radical (unpaired) electrons. The van der Waals surface area contributed by atoms with Crippen molar-refractivity contribution in [1.82, 2.24) is 14.3 Å². The summed E-state index contributed by atoms with van der Waals surface area (Å²) in [6, 6.07) is 12.6. The first-order valence-electron chi connectivity index (χ1n) is 9.64. The molecule has 1 aromatic carbocycles. The van der Waals surface area contributed by atoms with Gasteiger partial charge in [0.05, 0.1) is 18.3 Å². The van der Waals surface area contributed by atoms with Crippen LogP contribution in [-0.4, -0.2) is 48.6 Å². The van der Waals surface area contributed by atoms with E-state index < -0.39 is 0 Å². The predicted molar refractivity (Wildman–Crippen MR) is 110 cm³/mol. The minimum Gasteiger partial charge on any atom is -0.497 e. The van der Waals surface area contributed by atoms with Crippen molar-refractivity contribution in [2.75, 3.05) is 39.2 Å². The fourth-order valence-corrected chi connectivity index (χ4v) is 3.99. The molecule has 0 unspecified atom stereocenters. The fourth-order valence-electron chi connectivity index (χ4n) is 3.99. The summed E-state index contributed by atoms with van der Waals surface area (Å²) in [6.07, 6.45) is 6.63. The lowest BCUT2D eigenvalue weighted by Crippen LogP contribution is -2.33. The maximum absolute atomic E-state index is 5.34. The lowest BCUT2D eigenvalue weighted by molar-refractivity contribution is 0.203. The van der Waals surface area contributed by atoms with Crippen LogP contribution in [0, 0.1) is 0 Å². The van der Waals surface area contributed by atoms with Crippen LogP contribution in [0.1, 0.15) is 30.0 Å². The van der Waals surface area contributed by atoms with Gasteiger partial charge in [-0.3, -0.25) is 4.90 Å². The van der Waals surface area contributed by atoms with Crippen LogP contribution in [0.2, 0.25) is 0 Å². The topological polar surface area (TPSA) is 33.0 Å². The predicted octanol–water partition coefficient (Wildman–Crippen LogP) is 3.79. The molecule has 1 aliphatic heterocycles. The average Bonchev–Trinajstić information content (AvgIpc) is 3.16. The summed E-state index contributed by atoms with van der Waals surface area (Å²) in [5.41, 5.74) is 3.69. The van der Waals surface area contributed by atoms with Crippen LogP contribution < -0.4 is 9.64 Å². The zero-order chi connectivity index (χ0) is 18.8. The molecule has 2 aromatic heterocycles. The van der Waals surface area contributed by atoms with E-state index in [0.717, 1.165) is 44.0 Å². The second-order valence-electron chi connectivity index (χ2n) is 7.59. The number of ether oxygens (including phenoxy) is 1. The molecule has 5 heteroatoms. The van der Waals surface area contributed by atoms with Crippen LogP contribution in [0.5, 0.6) is 5.75 Å². The summed E-state index contributed by atoms with van der Waals surface area (Å²) in [4.78, 5) is 9.64. The molecule has 0 N–H and O–H groups in total. The molecule has 3 aromatic rings. The van der Waals surface area contributed by atoms with Crippen molar-refractivity contribution >= 4 is 11.3 Å². The molecule has 0 saturated carbocycles. The zero-order valence-electron chi connectivity index (χ0n) is 16.4. The first-order valence-corrected chi connectivity index (χ1v) is 9.64. The Morgan fingerprint density at radius 1 is 1.15 bits per heavy atom. The quantitative estimate of drug-likeness (QED) is 0.690. The van der Waals surface area contributed by atoms with Crippen molar-refractivity contribution in [1.29, 1.82) is 0 Å². The van der Waals surface area contributed by atoms with Crippen molar-refractivity contribution in [2.24, 2.45) is 0 Å². The van der Waals surface area contributed by atoms with Gasteiger partial charge in [0, 0.05) is 39.0 Å². The van der Waals surface area contributed by atoms with Gasteiger partial charge < -0.3 is 14.0 Å². The van der Waals surface area contributed by atoms with E-state index in [1.807, 2.05) is 6.07 Å². The molecule has 142 valence electrons. The Balaban J connectivity index is 1.45. The number of anilines is 1. The summed E-state index contributed by atoms with van der Waals surface area (Å²) in [5, 5.41) is 0. The molecule has 0 aliphatic carbocycles. The number of rotatable bonds is 5. The number of aromatic nitrogens is 2. The van der Waals surface area contributed by atoms with Gasteiger partial charge in [-0.25, -0.2) is 4.98 Å². The summed E-state index contributed by atoms with van der Waals surface area (Å²) >= 11 is 0. The number of benzene rings is 1. The van der Waals surface area contributed by atoms with Crippen LogP contribution >= 0.6 is 0 Å². The average molecular weight is 364 g/mol. The Morgan fingerprint density at radius 3 is 2.70 bits per heavy atom. The highest BCUT2D eigenvalue weighted by Crippen LogP contribution is 2.30. The Kier molecular flexibility index (Phi) is 5.03. The molecule has 27 heavy (non-hydrogen) atoms. The van der Waals surface area contributed by atoms with Crippen molar-refractivity contribution in [3.63, 3.8) is 0 Å². The van der Waals surface area contributed by atoms with Crippen molar-refractivity contribution in [3.05, 3.63) is 60.0 Å². The number of piperidine rings is 1. The second-order valence-corrected chi connectivity index (χ2v) is 7.59. The molecular weight excluding hydrogens is 336 g/mol. The second kappa shape index (κ2) is 7.61. The normalized spacial score (nSPS) is 16.0. The molecule has 0 spiro atoms. The van der Waals surface area contributed by atoms with Gasteiger partial charge in [-0.15, -0.1) is 0 Å². The highest BCUT2D eigenvalue weighted by molar-refractivity contribution is 5.69. The summed E-state index contributed by atoms with van der Waals surface area (Å²) in [7, 11) is 5.85. The van der Waals surface area contributed by atoms with E-state index in [2.05, 4.69) is 71.0 Å². The highest BCUT2D eigenvalue weighted by Gasteiger charge is 2.23. The minimum atomic E-state index is 0.525. The molecule has 1 fully saturated rings. The third kappa shape index (κ3) is 3.78. The molecule has 0 atom stereocenters. The molecule has 3 heterocycles. The molecular formula is C22H28N4O. The number of hydrogen-bond acceptors (Lipinski definition) is 4. The summed E-state index contributed by atoms with van der Waals surface area (Å²) < 4.78 is 7.55. The number of likely N-dealkylation sites (tertiary alicyclic amines) is 1. The van der Waals surface area contributed by atoms with E-state index in [1.165, 1.54) is 16.8 Å². The van der Waals surface area contributed by atoms with E-state index in [9.17, 15) is 0 Å². The zero-order valence-corrected chi connectivity index (χ0v) is 16.4. The maximum Gasteiger partial charge on any atom is 0.152 e. The van der Waals surface area contributed by atoms with E-state index in [1.54, 1.807) is 7.11 Å². The summed E-state index contributed by atoms with van der Waals surface area (Å²) in [5.74, 6) is 2.51. The van der Waals surface area contributed by atoms with Crippen molar-refractivity contribution in [3.8, 4) is 5.75 Å². The SMILES string of the molecule is COc1cccc(CN2CCC(c3cn4cccc4c(N(C)C)n3)CC2)c1. The third-order valence-electron chi connectivity index (χ3n) is 5.48. The van der Waals surface area contributed by atoms with Crippen LogP contribution in [0.4, 0.5) is 5.82 Å². The molecule has 5 nitrogen and oxygen atoms in total. The van der Waals surface area contributed by atoms with Crippen molar-refractivity contribution in [2.45, 2.75) is 25.3 Å². The Hall–Kier alpha value is -2.53. The number of methoxy groups -OCH3 is 1. The molecule has 1 saturated heterocycles.